The first kappa shape index (κ1) is 25.9. The summed E-state index contributed by atoms with van der Waals surface area (Å²) in [5.74, 6) is 0. The number of quaternary nitrogens is 1. The van der Waals surface area contributed by atoms with Gasteiger partial charge in [-0.05, 0) is 27.2 Å². The number of phosphoric ester groups is 1. The molecule has 5 nitrogen and oxygen atoms in total. The van der Waals surface area contributed by atoms with Crippen molar-refractivity contribution < 1.29 is 49.7 Å². The number of hydrogen-bond donors (Lipinski definition) is 1. The molecule has 0 heterocycles. The molecule has 0 rings (SSSR count). The summed E-state index contributed by atoms with van der Waals surface area (Å²) in [5, 5.41) is 0. The first-order valence-electron chi connectivity index (χ1n) is 7.16. The van der Waals surface area contributed by atoms with E-state index in [9.17, 15) is 35.8 Å². The molecule has 1 atom stereocenters. The Bertz CT molecular complexity index is 394. The van der Waals surface area contributed by atoms with Crippen molar-refractivity contribution in [2.24, 2.45) is 0 Å². The van der Waals surface area contributed by atoms with Gasteiger partial charge in [0.05, 0.1) is 26.7 Å². The Kier molecular flexibility index (Phi) is 9.54. The second-order valence-electron chi connectivity index (χ2n) is 5.30. The van der Waals surface area contributed by atoms with Gasteiger partial charge in [0.2, 0.25) is 0 Å². The van der Waals surface area contributed by atoms with Crippen LogP contribution in [0.25, 0.3) is 0 Å². The molecule has 0 saturated carbocycles. The molecular weight excluding hydrogens is 367 g/mol. The van der Waals surface area contributed by atoms with Crippen molar-refractivity contribution in [1.29, 1.82) is 0 Å². The van der Waals surface area contributed by atoms with Crippen molar-refractivity contribution in [2.75, 3.05) is 26.7 Å². The maximum absolute atomic E-state index is 12.2. The summed E-state index contributed by atoms with van der Waals surface area (Å²) in [6, 6.07) is 0. The molecule has 0 aliphatic heterocycles. The molecule has 1 unspecified atom stereocenters. The smallest absolute Gasteiger partial charge is 0.426 e. The summed E-state index contributed by atoms with van der Waals surface area (Å²) in [4.78, 5) is 18.0. The second-order valence-corrected chi connectivity index (χ2v) is 6.42. The van der Waals surface area contributed by atoms with Crippen molar-refractivity contribution in [1.82, 2.24) is 0 Å². The summed E-state index contributed by atoms with van der Waals surface area (Å²) in [5.41, 5.74) is -4.92. The average Bonchev–Trinajstić information content (AvgIpc) is 2.41. The Balaban J connectivity index is 0. The molecular formula is C12H24F6NO4P. The quantitative estimate of drug-likeness (QED) is 0.429. The topological polar surface area (TPSA) is 69.6 Å². The molecule has 0 aromatic heterocycles. The first-order chi connectivity index (χ1) is 10.4. The number of alkyl halides is 6. The van der Waals surface area contributed by atoms with Crippen molar-refractivity contribution in [3.05, 3.63) is 0 Å². The third-order valence-corrected chi connectivity index (χ3v) is 4.52. The van der Waals surface area contributed by atoms with Crippen molar-refractivity contribution in [3.63, 3.8) is 0 Å². The largest absolute Gasteiger partial charge is 0.756 e. The number of rotatable bonds is 6. The van der Waals surface area contributed by atoms with Gasteiger partial charge in [0.25, 0.3) is 13.4 Å². The van der Waals surface area contributed by atoms with Gasteiger partial charge in [-0.1, -0.05) is 6.92 Å². The lowest BCUT2D eigenvalue weighted by atomic mass is 10.00. The van der Waals surface area contributed by atoms with E-state index in [0.717, 1.165) is 0 Å². The molecule has 0 spiro atoms. The van der Waals surface area contributed by atoms with Gasteiger partial charge in [-0.15, -0.1) is 0 Å². The highest BCUT2D eigenvalue weighted by Crippen LogP contribution is 2.54. The summed E-state index contributed by atoms with van der Waals surface area (Å²) in [7, 11) is -3.90. The molecule has 0 amide bonds. The lowest BCUT2D eigenvalue weighted by Crippen LogP contribution is -2.58. The van der Waals surface area contributed by atoms with Gasteiger partial charge < -0.3 is 14.3 Å². The van der Waals surface area contributed by atoms with Crippen LogP contribution in [0, 0.1) is 0 Å². The van der Waals surface area contributed by atoms with Crippen LogP contribution in [-0.4, -0.2) is 54.0 Å². The van der Waals surface area contributed by atoms with Crippen LogP contribution in [0.4, 0.5) is 26.3 Å². The van der Waals surface area contributed by atoms with Crippen molar-refractivity contribution in [2.45, 2.75) is 52.1 Å². The van der Waals surface area contributed by atoms with Crippen LogP contribution in [0.2, 0.25) is 0 Å². The first-order valence-corrected chi connectivity index (χ1v) is 8.66. The third kappa shape index (κ3) is 7.26. The van der Waals surface area contributed by atoms with Gasteiger partial charge in [-0.2, -0.15) is 26.3 Å². The molecule has 0 aliphatic rings. The molecule has 148 valence electrons. The predicted molar refractivity (Wildman–Crippen MR) is 73.8 cm³/mol. The number of halogens is 6. The van der Waals surface area contributed by atoms with Gasteiger partial charge in [-0.3, -0.25) is 9.09 Å². The summed E-state index contributed by atoms with van der Waals surface area (Å²) in [6.45, 7) is 10.9. The molecule has 24 heavy (non-hydrogen) atoms. The summed E-state index contributed by atoms with van der Waals surface area (Å²) < 4.78 is 87.2. The summed E-state index contributed by atoms with van der Waals surface area (Å²) in [6.07, 6.45) is -13.8. The molecule has 1 N–H and O–H groups in total. The SMILES string of the molecule is CCC(OP(=O)([O-])O)(C(F)(F)F)C(F)(F)F.CC[N+](C)(CC)CC. The van der Waals surface area contributed by atoms with Gasteiger partial charge in [-0.25, -0.2) is 0 Å². The lowest BCUT2D eigenvalue weighted by Gasteiger charge is -2.38. The highest BCUT2D eigenvalue weighted by atomic mass is 31.2. The fourth-order valence-corrected chi connectivity index (χ4v) is 2.33. The molecule has 0 bridgehead atoms. The normalized spacial score (nSPS) is 16.2. The molecule has 0 radical (unpaired) electrons. The Morgan fingerprint density at radius 1 is 0.958 bits per heavy atom. The van der Waals surface area contributed by atoms with E-state index in [0.29, 0.717) is 6.92 Å². The Labute approximate surface area is 137 Å². The maximum atomic E-state index is 12.2. The lowest BCUT2D eigenvalue weighted by molar-refractivity contribution is -0.904. The van der Waals surface area contributed by atoms with E-state index in [1.807, 2.05) is 0 Å². The summed E-state index contributed by atoms with van der Waals surface area (Å²) >= 11 is 0. The Morgan fingerprint density at radius 3 is 1.29 bits per heavy atom. The van der Waals surface area contributed by atoms with E-state index in [-0.39, 0.29) is 0 Å². The minimum absolute atomic E-state index is 0.427. The molecule has 0 aliphatic carbocycles. The third-order valence-electron chi connectivity index (χ3n) is 3.98. The fraction of sp³-hybridized carbons (Fsp3) is 1.00. The van der Waals surface area contributed by atoms with Crippen LogP contribution in [0.1, 0.15) is 34.1 Å². The zero-order valence-corrected chi connectivity index (χ0v) is 15.1. The van der Waals surface area contributed by atoms with Crippen molar-refractivity contribution >= 4 is 7.82 Å². The van der Waals surface area contributed by atoms with Gasteiger partial charge in [0.1, 0.15) is 0 Å². The Hall–Kier alpha value is -0.350. The number of hydrogen-bond acceptors (Lipinski definition) is 3. The second kappa shape index (κ2) is 8.84. The average molecular weight is 391 g/mol. The highest BCUT2D eigenvalue weighted by molar-refractivity contribution is 7.44. The van der Waals surface area contributed by atoms with E-state index in [4.69, 9.17) is 4.89 Å². The van der Waals surface area contributed by atoms with E-state index in [2.05, 4.69) is 32.3 Å². The molecule has 0 aromatic carbocycles. The van der Waals surface area contributed by atoms with E-state index >= 15 is 0 Å². The van der Waals surface area contributed by atoms with Crippen LogP contribution in [0.3, 0.4) is 0 Å². The maximum Gasteiger partial charge on any atom is 0.426 e. The minimum atomic E-state index is -6.19. The Morgan fingerprint density at radius 2 is 1.25 bits per heavy atom. The molecule has 12 heteroatoms. The van der Waals surface area contributed by atoms with Crippen LogP contribution in [0.15, 0.2) is 0 Å². The van der Waals surface area contributed by atoms with Crippen LogP contribution in [0.5, 0.6) is 0 Å². The molecule has 0 aromatic rings. The van der Waals surface area contributed by atoms with Gasteiger partial charge >= 0.3 is 12.4 Å². The van der Waals surface area contributed by atoms with Crippen LogP contribution >= 0.6 is 7.82 Å². The van der Waals surface area contributed by atoms with Gasteiger partial charge in [0.15, 0.2) is 0 Å². The number of nitrogens with zero attached hydrogens (tertiary/aromatic N) is 1. The van der Waals surface area contributed by atoms with E-state index < -0.39 is 32.2 Å². The highest BCUT2D eigenvalue weighted by Gasteiger charge is 2.72. The minimum Gasteiger partial charge on any atom is -0.756 e. The monoisotopic (exact) mass is 391 g/mol. The zero-order valence-electron chi connectivity index (χ0n) is 14.2. The zero-order chi connectivity index (χ0) is 20.0. The van der Waals surface area contributed by atoms with Crippen LogP contribution < -0.4 is 4.89 Å². The molecule has 0 fully saturated rings. The van der Waals surface area contributed by atoms with Crippen LogP contribution in [-0.2, 0) is 9.09 Å². The van der Waals surface area contributed by atoms with E-state index in [1.165, 1.54) is 24.1 Å². The van der Waals surface area contributed by atoms with E-state index in [1.54, 1.807) is 0 Å². The van der Waals surface area contributed by atoms with Gasteiger partial charge in [0, 0.05) is 0 Å². The predicted octanol–water partition coefficient (Wildman–Crippen LogP) is 3.23. The number of phosphoric acid groups is 1. The fourth-order valence-electron chi connectivity index (χ4n) is 1.60. The standard InChI is InChI=1S/C7H18N.C5H7F6O4P/c1-5-8(4,6-2)7-3;1-2-3(4(6,7)8,5(9,10)11)15-16(12,13)14/h5-7H2,1-4H3;2H2,1H3,(H2,12,13,14)/q+1;/p-1. The van der Waals surface area contributed by atoms with Crippen molar-refractivity contribution in [3.8, 4) is 0 Å². The molecule has 0 saturated heterocycles.